The molecule has 1 aromatic rings. The lowest BCUT2D eigenvalue weighted by Gasteiger charge is -2.21. The van der Waals surface area contributed by atoms with Crippen molar-refractivity contribution in [1.82, 2.24) is 20.4 Å². The molecule has 0 aliphatic carbocycles. The number of nitrogens with one attached hydrogen (secondary N) is 2. The summed E-state index contributed by atoms with van der Waals surface area (Å²) in [5.41, 5.74) is -0.951. The lowest BCUT2D eigenvalue weighted by Crippen LogP contribution is -2.38. The maximum Gasteiger partial charge on any atom is 0.435 e. The standard InChI is InChI=1S/C12H17F3N4O.ClH/c1-19-7-9(10(18-19)12(13,14)15)6-17-11(20)8-2-4-16-5-3-8;/h7-8,16H,2-6H2,1H3,(H,17,20);1H. The molecule has 0 aromatic carbocycles. The zero-order chi connectivity index (χ0) is 14.8. The Morgan fingerprint density at radius 1 is 1.48 bits per heavy atom. The van der Waals surface area contributed by atoms with Gasteiger partial charge in [-0.3, -0.25) is 9.48 Å². The van der Waals surface area contributed by atoms with Crippen molar-refractivity contribution < 1.29 is 18.0 Å². The lowest BCUT2D eigenvalue weighted by atomic mass is 9.97. The molecule has 120 valence electrons. The fourth-order valence-corrected chi connectivity index (χ4v) is 2.32. The number of halogens is 4. The maximum atomic E-state index is 12.7. The molecule has 1 fully saturated rings. The topological polar surface area (TPSA) is 59.0 Å². The summed E-state index contributed by atoms with van der Waals surface area (Å²) in [5.74, 6) is -0.314. The molecule has 21 heavy (non-hydrogen) atoms. The van der Waals surface area contributed by atoms with Gasteiger partial charge in [0.2, 0.25) is 5.91 Å². The third-order valence-corrected chi connectivity index (χ3v) is 3.34. The average Bonchev–Trinajstić information content (AvgIpc) is 2.78. The van der Waals surface area contributed by atoms with Crippen molar-refractivity contribution in [3.05, 3.63) is 17.5 Å². The molecule has 1 aliphatic heterocycles. The average molecular weight is 327 g/mol. The summed E-state index contributed by atoms with van der Waals surface area (Å²) in [7, 11) is 1.42. The van der Waals surface area contributed by atoms with Gasteiger partial charge >= 0.3 is 6.18 Å². The van der Waals surface area contributed by atoms with E-state index in [1.165, 1.54) is 13.2 Å². The number of piperidine rings is 1. The van der Waals surface area contributed by atoms with Gasteiger partial charge in [-0.25, -0.2) is 0 Å². The molecule has 2 heterocycles. The number of hydrogen-bond acceptors (Lipinski definition) is 3. The van der Waals surface area contributed by atoms with Gasteiger partial charge in [0, 0.05) is 31.3 Å². The number of nitrogens with zero attached hydrogens (tertiary/aromatic N) is 2. The van der Waals surface area contributed by atoms with Crippen molar-refractivity contribution in [2.75, 3.05) is 13.1 Å². The van der Waals surface area contributed by atoms with E-state index in [1.54, 1.807) is 0 Å². The first-order chi connectivity index (χ1) is 9.38. The van der Waals surface area contributed by atoms with E-state index >= 15 is 0 Å². The number of alkyl halides is 3. The van der Waals surface area contributed by atoms with E-state index in [0.29, 0.717) is 12.8 Å². The normalized spacial score (nSPS) is 16.4. The summed E-state index contributed by atoms with van der Waals surface area (Å²) in [6.07, 6.45) is -1.79. The molecular formula is C12H18ClF3N4O. The molecule has 0 unspecified atom stereocenters. The van der Waals surface area contributed by atoms with Crippen LogP contribution >= 0.6 is 12.4 Å². The highest BCUT2D eigenvalue weighted by Gasteiger charge is 2.37. The number of aryl methyl sites for hydroxylation is 1. The van der Waals surface area contributed by atoms with E-state index in [9.17, 15) is 18.0 Å². The van der Waals surface area contributed by atoms with Gasteiger partial charge in [0.15, 0.2) is 5.69 Å². The number of carbonyl (C=O) groups is 1. The van der Waals surface area contributed by atoms with E-state index < -0.39 is 11.9 Å². The van der Waals surface area contributed by atoms with Crippen LogP contribution in [0.4, 0.5) is 13.2 Å². The second-order valence-corrected chi connectivity index (χ2v) is 4.92. The molecule has 5 nitrogen and oxygen atoms in total. The minimum Gasteiger partial charge on any atom is -0.352 e. The third kappa shape index (κ3) is 4.60. The van der Waals surface area contributed by atoms with Crippen molar-refractivity contribution in [3.8, 4) is 0 Å². The fraction of sp³-hybridized carbons (Fsp3) is 0.667. The van der Waals surface area contributed by atoms with Crippen molar-refractivity contribution in [2.45, 2.75) is 25.6 Å². The molecule has 0 saturated carbocycles. The van der Waals surface area contributed by atoms with Gasteiger partial charge in [-0.1, -0.05) is 0 Å². The summed E-state index contributed by atoms with van der Waals surface area (Å²) in [6, 6.07) is 0. The molecule has 0 radical (unpaired) electrons. The molecule has 9 heteroatoms. The molecule has 0 spiro atoms. The van der Waals surface area contributed by atoms with Gasteiger partial charge in [0.05, 0.1) is 0 Å². The molecule has 2 N–H and O–H groups in total. The largest absolute Gasteiger partial charge is 0.435 e. The van der Waals surface area contributed by atoms with Crippen LogP contribution in [0.15, 0.2) is 6.20 Å². The molecule has 1 saturated heterocycles. The number of carbonyl (C=O) groups excluding carboxylic acids is 1. The Bertz CT molecular complexity index is 483. The van der Waals surface area contributed by atoms with Crippen LogP contribution in [-0.2, 0) is 24.6 Å². The Kier molecular flexibility index (Phi) is 6.03. The van der Waals surface area contributed by atoms with E-state index in [4.69, 9.17) is 0 Å². The van der Waals surface area contributed by atoms with Crippen LogP contribution in [0, 0.1) is 5.92 Å². The quantitative estimate of drug-likeness (QED) is 0.884. The monoisotopic (exact) mass is 326 g/mol. The van der Waals surface area contributed by atoms with Crippen LogP contribution in [0.3, 0.4) is 0 Å². The third-order valence-electron chi connectivity index (χ3n) is 3.34. The highest BCUT2D eigenvalue weighted by atomic mass is 35.5. The summed E-state index contributed by atoms with van der Waals surface area (Å²) < 4.78 is 39.3. The Morgan fingerprint density at radius 3 is 2.67 bits per heavy atom. The molecule has 1 amide bonds. The van der Waals surface area contributed by atoms with E-state index in [1.807, 2.05) is 0 Å². The first-order valence-corrected chi connectivity index (χ1v) is 6.46. The highest BCUT2D eigenvalue weighted by Crippen LogP contribution is 2.30. The zero-order valence-corrected chi connectivity index (χ0v) is 12.4. The van der Waals surface area contributed by atoms with Crippen LogP contribution in [0.2, 0.25) is 0 Å². The summed E-state index contributed by atoms with van der Waals surface area (Å²) >= 11 is 0. The first-order valence-electron chi connectivity index (χ1n) is 6.46. The van der Waals surface area contributed by atoms with Gasteiger partial charge in [0.1, 0.15) is 0 Å². The van der Waals surface area contributed by atoms with Gasteiger partial charge in [-0.2, -0.15) is 18.3 Å². The lowest BCUT2D eigenvalue weighted by molar-refractivity contribution is -0.142. The Labute approximate surface area is 126 Å². The van der Waals surface area contributed by atoms with E-state index in [0.717, 1.165) is 17.8 Å². The molecular weight excluding hydrogens is 309 g/mol. The van der Waals surface area contributed by atoms with Gasteiger partial charge in [-0.05, 0) is 25.9 Å². The van der Waals surface area contributed by atoms with Crippen molar-refractivity contribution >= 4 is 18.3 Å². The number of hydrogen-bond donors (Lipinski definition) is 2. The Morgan fingerprint density at radius 2 is 2.10 bits per heavy atom. The number of rotatable bonds is 3. The van der Waals surface area contributed by atoms with Crippen LogP contribution in [-0.4, -0.2) is 28.8 Å². The second-order valence-electron chi connectivity index (χ2n) is 4.92. The molecule has 1 aromatic heterocycles. The predicted molar refractivity (Wildman–Crippen MR) is 72.9 cm³/mol. The SMILES string of the molecule is Cl.Cn1cc(CNC(=O)C2CCNCC2)c(C(F)(F)F)n1. The van der Waals surface area contributed by atoms with Crippen LogP contribution in [0.25, 0.3) is 0 Å². The first kappa shape index (κ1) is 17.8. The summed E-state index contributed by atoms with van der Waals surface area (Å²) in [6.45, 7) is 1.38. The van der Waals surface area contributed by atoms with Crippen LogP contribution < -0.4 is 10.6 Å². The number of aromatic nitrogens is 2. The van der Waals surface area contributed by atoms with E-state index in [-0.39, 0.29) is 36.3 Å². The van der Waals surface area contributed by atoms with Gasteiger partial charge in [-0.15, -0.1) is 12.4 Å². The Hall–Kier alpha value is -1.28. The molecule has 0 atom stereocenters. The minimum atomic E-state index is -4.50. The Balaban J connectivity index is 0.00000220. The highest BCUT2D eigenvalue weighted by molar-refractivity contribution is 5.85. The fourth-order valence-electron chi connectivity index (χ4n) is 2.32. The molecule has 1 aliphatic rings. The summed E-state index contributed by atoms with van der Waals surface area (Å²) in [5, 5.41) is 9.11. The van der Waals surface area contributed by atoms with Crippen molar-refractivity contribution in [1.29, 1.82) is 0 Å². The minimum absolute atomic E-state index is 0. The molecule has 2 rings (SSSR count). The van der Waals surface area contributed by atoms with Gasteiger partial charge < -0.3 is 10.6 Å². The zero-order valence-electron chi connectivity index (χ0n) is 11.5. The van der Waals surface area contributed by atoms with Gasteiger partial charge in [0.25, 0.3) is 0 Å². The maximum absolute atomic E-state index is 12.7. The van der Waals surface area contributed by atoms with Crippen LogP contribution in [0.1, 0.15) is 24.1 Å². The van der Waals surface area contributed by atoms with Crippen molar-refractivity contribution in [2.24, 2.45) is 13.0 Å². The molecule has 0 bridgehead atoms. The van der Waals surface area contributed by atoms with Crippen LogP contribution in [0.5, 0.6) is 0 Å². The smallest absolute Gasteiger partial charge is 0.352 e. The number of amides is 1. The summed E-state index contributed by atoms with van der Waals surface area (Å²) in [4.78, 5) is 11.9. The van der Waals surface area contributed by atoms with Crippen molar-refractivity contribution in [3.63, 3.8) is 0 Å². The predicted octanol–water partition coefficient (Wildman–Crippen LogP) is 1.48. The second kappa shape index (κ2) is 7.13. The van der Waals surface area contributed by atoms with E-state index in [2.05, 4.69) is 15.7 Å².